The summed E-state index contributed by atoms with van der Waals surface area (Å²) in [6, 6.07) is 0. The van der Waals surface area contributed by atoms with Gasteiger partial charge in [-0.1, -0.05) is 0 Å². The predicted octanol–water partition coefficient (Wildman–Crippen LogP) is 0.964. The molecular formula is C10H20O5. The molecule has 1 atom stereocenters. The van der Waals surface area contributed by atoms with E-state index in [9.17, 15) is 4.79 Å². The summed E-state index contributed by atoms with van der Waals surface area (Å²) in [7, 11) is 1.42. The molecule has 0 heterocycles. The van der Waals surface area contributed by atoms with Gasteiger partial charge < -0.3 is 18.9 Å². The van der Waals surface area contributed by atoms with Gasteiger partial charge in [0.25, 0.3) is 0 Å². The summed E-state index contributed by atoms with van der Waals surface area (Å²) in [4.78, 5) is 11.5. The first kappa shape index (κ1) is 14.3. The van der Waals surface area contributed by atoms with Crippen molar-refractivity contribution in [3.63, 3.8) is 0 Å². The molecule has 1 unspecified atom stereocenters. The third kappa shape index (κ3) is 5.11. The molecular weight excluding hydrogens is 200 g/mol. The van der Waals surface area contributed by atoms with Crippen molar-refractivity contribution in [1.29, 1.82) is 0 Å². The average Bonchev–Trinajstić information content (AvgIpc) is 2.20. The zero-order valence-electron chi connectivity index (χ0n) is 9.82. The monoisotopic (exact) mass is 220 g/mol. The van der Waals surface area contributed by atoms with Crippen LogP contribution in [0.25, 0.3) is 0 Å². The van der Waals surface area contributed by atoms with Gasteiger partial charge in [0, 0.05) is 20.3 Å². The van der Waals surface area contributed by atoms with Crippen molar-refractivity contribution in [2.24, 2.45) is 0 Å². The summed E-state index contributed by atoms with van der Waals surface area (Å²) in [6.07, 6.45) is -1.53. The Kier molecular flexibility index (Phi) is 8.27. The lowest BCUT2D eigenvalue weighted by atomic mass is 10.3. The van der Waals surface area contributed by atoms with Gasteiger partial charge in [0.05, 0.1) is 6.61 Å². The zero-order chi connectivity index (χ0) is 11.7. The molecule has 5 heteroatoms. The molecule has 0 aromatic carbocycles. The van der Waals surface area contributed by atoms with Gasteiger partial charge in [0.1, 0.15) is 0 Å². The molecule has 0 rings (SSSR count). The van der Waals surface area contributed by atoms with E-state index in [4.69, 9.17) is 18.9 Å². The van der Waals surface area contributed by atoms with Gasteiger partial charge in [-0.05, 0) is 20.8 Å². The fraction of sp³-hybridized carbons (Fsp3) is 0.900. The maximum atomic E-state index is 11.5. The van der Waals surface area contributed by atoms with Gasteiger partial charge in [-0.25, -0.2) is 4.79 Å². The molecule has 15 heavy (non-hydrogen) atoms. The molecule has 5 nitrogen and oxygen atoms in total. The Morgan fingerprint density at radius 1 is 1.07 bits per heavy atom. The highest BCUT2D eigenvalue weighted by Gasteiger charge is 2.30. The second-order valence-corrected chi connectivity index (χ2v) is 2.69. The standard InChI is InChI=1S/C10H20O5/c1-5-13-9(11)8(12-4)10(14-6-2)15-7-3/h8,10H,5-7H2,1-4H3. The summed E-state index contributed by atoms with van der Waals surface area (Å²) < 4.78 is 20.4. The van der Waals surface area contributed by atoms with Gasteiger partial charge in [-0.3, -0.25) is 0 Å². The van der Waals surface area contributed by atoms with Crippen LogP contribution in [0.4, 0.5) is 0 Å². The predicted molar refractivity (Wildman–Crippen MR) is 54.5 cm³/mol. The van der Waals surface area contributed by atoms with E-state index in [-0.39, 0.29) is 0 Å². The smallest absolute Gasteiger partial charge is 0.340 e. The van der Waals surface area contributed by atoms with Crippen molar-refractivity contribution in [1.82, 2.24) is 0 Å². The Balaban J connectivity index is 4.35. The highest BCUT2D eigenvalue weighted by Crippen LogP contribution is 2.07. The largest absolute Gasteiger partial charge is 0.464 e. The first-order valence-corrected chi connectivity index (χ1v) is 5.13. The van der Waals surface area contributed by atoms with E-state index >= 15 is 0 Å². The second-order valence-electron chi connectivity index (χ2n) is 2.69. The maximum Gasteiger partial charge on any atom is 0.340 e. The summed E-state index contributed by atoms with van der Waals surface area (Å²) in [5.74, 6) is -0.466. The van der Waals surface area contributed by atoms with Crippen molar-refractivity contribution >= 4 is 5.97 Å². The summed E-state index contributed by atoms with van der Waals surface area (Å²) >= 11 is 0. The molecule has 0 amide bonds. The van der Waals surface area contributed by atoms with E-state index in [2.05, 4.69) is 0 Å². The topological polar surface area (TPSA) is 54.0 Å². The molecule has 0 saturated carbocycles. The average molecular weight is 220 g/mol. The molecule has 0 bridgehead atoms. The fourth-order valence-electron chi connectivity index (χ4n) is 1.09. The molecule has 0 fully saturated rings. The molecule has 0 aromatic rings. The van der Waals surface area contributed by atoms with E-state index in [0.717, 1.165) is 0 Å². The number of rotatable bonds is 8. The Bertz CT molecular complexity index is 165. The first-order valence-electron chi connectivity index (χ1n) is 5.13. The lowest BCUT2D eigenvalue weighted by molar-refractivity contribution is -0.211. The number of hydrogen-bond donors (Lipinski definition) is 0. The Labute approximate surface area is 90.6 Å². The van der Waals surface area contributed by atoms with E-state index < -0.39 is 18.4 Å². The first-order chi connectivity index (χ1) is 7.21. The number of ether oxygens (including phenoxy) is 4. The lowest BCUT2D eigenvalue weighted by Crippen LogP contribution is -2.40. The van der Waals surface area contributed by atoms with Crippen molar-refractivity contribution in [3.8, 4) is 0 Å². The van der Waals surface area contributed by atoms with Crippen LogP contribution in [0, 0.1) is 0 Å². The minimum atomic E-state index is -0.829. The highest BCUT2D eigenvalue weighted by atomic mass is 16.7. The number of carbonyl (C=O) groups excluding carboxylic acids is 1. The van der Waals surface area contributed by atoms with E-state index in [1.165, 1.54) is 7.11 Å². The molecule has 0 aromatic heterocycles. The molecule has 0 N–H and O–H groups in total. The quantitative estimate of drug-likeness (QED) is 0.450. The maximum absolute atomic E-state index is 11.5. The summed E-state index contributed by atoms with van der Waals surface area (Å²) in [6.45, 7) is 6.59. The van der Waals surface area contributed by atoms with Crippen LogP contribution in [0.15, 0.2) is 0 Å². The van der Waals surface area contributed by atoms with Crippen molar-refractivity contribution < 1.29 is 23.7 Å². The second kappa shape index (κ2) is 8.64. The van der Waals surface area contributed by atoms with Gasteiger partial charge >= 0.3 is 5.97 Å². The molecule has 0 radical (unpaired) electrons. The highest BCUT2D eigenvalue weighted by molar-refractivity contribution is 5.75. The van der Waals surface area contributed by atoms with Crippen LogP contribution in [-0.2, 0) is 23.7 Å². The van der Waals surface area contributed by atoms with E-state index in [0.29, 0.717) is 19.8 Å². The summed E-state index contributed by atoms with van der Waals surface area (Å²) in [5, 5.41) is 0. The molecule has 0 spiro atoms. The van der Waals surface area contributed by atoms with Crippen LogP contribution in [0.2, 0.25) is 0 Å². The SMILES string of the molecule is CCOC(=O)C(OC)C(OCC)OCC. The normalized spacial score (nSPS) is 12.9. The van der Waals surface area contributed by atoms with Crippen LogP contribution < -0.4 is 0 Å². The molecule has 0 aliphatic carbocycles. The molecule has 0 saturated heterocycles. The number of hydrogen-bond acceptors (Lipinski definition) is 5. The van der Waals surface area contributed by atoms with Crippen LogP contribution in [0.1, 0.15) is 20.8 Å². The van der Waals surface area contributed by atoms with Gasteiger partial charge in [0.2, 0.25) is 6.10 Å². The van der Waals surface area contributed by atoms with Gasteiger partial charge in [-0.15, -0.1) is 0 Å². The van der Waals surface area contributed by atoms with E-state index in [1.807, 2.05) is 13.8 Å². The minimum Gasteiger partial charge on any atom is -0.464 e. The van der Waals surface area contributed by atoms with Gasteiger partial charge in [-0.2, -0.15) is 0 Å². The number of methoxy groups -OCH3 is 1. The van der Waals surface area contributed by atoms with Crippen LogP contribution in [0.5, 0.6) is 0 Å². The van der Waals surface area contributed by atoms with Crippen molar-refractivity contribution in [2.75, 3.05) is 26.9 Å². The number of esters is 1. The minimum absolute atomic E-state index is 0.309. The van der Waals surface area contributed by atoms with Crippen LogP contribution >= 0.6 is 0 Å². The van der Waals surface area contributed by atoms with Crippen LogP contribution in [0.3, 0.4) is 0 Å². The Morgan fingerprint density at radius 2 is 1.60 bits per heavy atom. The third-order valence-corrected chi connectivity index (χ3v) is 1.68. The molecule has 90 valence electrons. The van der Waals surface area contributed by atoms with Crippen LogP contribution in [-0.4, -0.2) is 45.3 Å². The Hall–Kier alpha value is -0.650. The summed E-state index contributed by atoms with van der Waals surface area (Å²) in [5.41, 5.74) is 0. The van der Waals surface area contributed by atoms with Gasteiger partial charge in [0.15, 0.2) is 6.29 Å². The molecule has 0 aliphatic heterocycles. The third-order valence-electron chi connectivity index (χ3n) is 1.68. The fourth-order valence-corrected chi connectivity index (χ4v) is 1.09. The lowest BCUT2D eigenvalue weighted by Gasteiger charge is -2.23. The Morgan fingerprint density at radius 3 is 1.93 bits per heavy atom. The van der Waals surface area contributed by atoms with Crippen molar-refractivity contribution in [3.05, 3.63) is 0 Å². The number of carbonyl (C=O) groups is 1. The zero-order valence-corrected chi connectivity index (χ0v) is 9.82. The molecule has 0 aliphatic rings. The van der Waals surface area contributed by atoms with Crippen molar-refractivity contribution in [2.45, 2.75) is 33.2 Å². The van der Waals surface area contributed by atoms with E-state index in [1.54, 1.807) is 6.92 Å².